The summed E-state index contributed by atoms with van der Waals surface area (Å²) in [6, 6.07) is 10.4. The number of carbonyl (C=O) groups excluding carboxylic acids is 1. The smallest absolute Gasteiger partial charge is 0.254 e. The summed E-state index contributed by atoms with van der Waals surface area (Å²) in [7, 11) is 0. The standard InChI is InChI=1S/C21H16FN5O/c1-12-2-5-18(23-9-12)26-16-4-3-14(15-10-25-21(28)20(15)16)17-11-24-19-8-13(22)6-7-27(17)19/h2-9,11H,10H2,1H3,(H,23,26)(H,25,28). The van der Waals surface area contributed by atoms with Crippen LogP contribution in [0.3, 0.4) is 0 Å². The SMILES string of the molecule is Cc1ccc(Nc2ccc(-c3cnc4cc(F)ccn34)c3c2C(=O)NC3)nc1. The molecule has 138 valence electrons. The zero-order valence-electron chi connectivity index (χ0n) is 15.0. The fourth-order valence-electron chi connectivity index (χ4n) is 3.53. The average Bonchev–Trinajstić information content (AvgIpc) is 3.28. The molecule has 1 amide bonds. The first-order valence-electron chi connectivity index (χ1n) is 8.87. The van der Waals surface area contributed by atoms with Gasteiger partial charge in [-0.05, 0) is 36.2 Å². The molecule has 28 heavy (non-hydrogen) atoms. The van der Waals surface area contributed by atoms with E-state index >= 15 is 0 Å². The molecule has 1 aliphatic rings. The molecule has 0 radical (unpaired) electrons. The number of carbonyl (C=O) groups is 1. The number of benzene rings is 1. The number of amides is 1. The van der Waals surface area contributed by atoms with Gasteiger partial charge in [0.2, 0.25) is 0 Å². The first-order valence-corrected chi connectivity index (χ1v) is 8.87. The summed E-state index contributed by atoms with van der Waals surface area (Å²) in [5.74, 6) is 0.203. The summed E-state index contributed by atoms with van der Waals surface area (Å²) >= 11 is 0. The molecule has 4 heterocycles. The molecular formula is C21H16FN5O. The Morgan fingerprint density at radius 1 is 1.14 bits per heavy atom. The number of hydrogen-bond donors (Lipinski definition) is 2. The number of nitrogens with zero attached hydrogens (tertiary/aromatic N) is 3. The van der Waals surface area contributed by atoms with Crippen LogP contribution in [-0.2, 0) is 6.54 Å². The first-order chi connectivity index (χ1) is 13.6. The van der Waals surface area contributed by atoms with Crippen molar-refractivity contribution in [3.63, 3.8) is 0 Å². The lowest BCUT2D eigenvalue weighted by atomic mass is 9.99. The van der Waals surface area contributed by atoms with Crippen molar-refractivity contribution >= 4 is 23.1 Å². The Labute approximate surface area is 160 Å². The molecule has 1 aliphatic heterocycles. The van der Waals surface area contributed by atoms with Gasteiger partial charge in [-0.3, -0.25) is 9.20 Å². The van der Waals surface area contributed by atoms with E-state index < -0.39 is 0 Å². The van der Waals surface area contributed by atoms with Crippen LogP contribution in [0, 0.1) is 12.7 Å². The van der Waals surface area contributed by atoms with Crippen LogP contribution in [0.4, 0.5) is 15.9 Å². The molecule has 2 N–H and O–H groups in total. The number of halogens is 1. The van der Waals surface area contributed by atoms with Gasteiger partial charge in [0.15, 0.2) is 0 Å². The van der Waals surface area contributed by atoms with Crippen LogP contribution in [0.1, 0.15) is 21.5 Å². The Morgan fingerprint density at radius 2 is 2.04 bits per heavy atom. The summed E-state index contributed by atoms with van der Waals surface area (Å²) in [6.07, 6.45) is 5.11. The highest BCUT2D eigenvalue weighted by atomic mass is 19.1. The molecule has 0 unspecified atom stereocenters. The summed E-state index contributed by atoms with van der Waals surface area (Å²) in [5.41, 5.74) is 5.45. The Bertz CT molecular complexity index is 1230. The van der Waals surface area contributed by atoms with Gasteiger partial charge >= 0.3 is 0 Å². The van der Waals surface area contributed by atoms with E-state index in [0.29, 0.717) is 29.3 Å². The molecule has 5 rings (SSSR count). The van der Waals surface area contributed by atoms with Crippen LogP contribution >= 0.6 is 0 Å². The van der Waals surface area contributed by atoms with Crippen molar-refractivity contribution in [3.8, 4) is 11.3 Å². The maximum atomic E-state index is 13.5. The molecule has 0 atom stereocenters. The Hall–Kier alpha value is -3.74. The van der Waals surface area contributed by atoms with Gasteiger partial charge in [0, 0.05) is 30.6 Å². The van der Waals surface area contributed by atoms with Crippen LogP contribution in [0.2, 0.25) is 0 Å². The number of hydrogen-bond acceptors (Lipinski definition) is 4. The largest absolute Gasteiger partial charge is 0.348 e. The molecule has 0 spiro atoms. The minimum absolute atomic E-state index is 0.133. The molecule has 0 bridgehead atoms. The molecule has 0 saturated heterocycles. The quantitative estimate of drug-likeness (QED) is 0.573. The second-order valence-electron chi connectivity index (χ2n) is 6.76. The van der Waals surface area contributed by atoms with Gasteiger partial charge in [0.05, 0.1) is 23.1 Å². The van der Waals surface area contributed by atoms with Crippen molar-refractivity contribution in [1.82, 2.24) is 19.7 Å². The van der Waals surface area contributed by atoms with Crippen LogP contribution in [0.15, 0.2) is 55.0 Å². The molecule has 0 fully saturated rings. The van der Waals surface area contributed by atoms with E-state index in [9.17, 15) is 9.18 Å². The molecule has 4 aromatic rings. The van der Waals surface area contributed by atoms with Crippen molar-refractivity contribution in [2.45, 2.75) is 13.5 Å². The molecule has 1 aromatic carbocycles. The summed E-state index contributed by atoms with van der Waals surface area (Å²) in [6.45, 7) is 2.40. The van der Waals surface area contributed by atoms with Gasteiger partial charge in [-0.25, -0.2) is 14.4 Å². The Kier molecular flexibility index (Phi) is 3.61. The summed E-state index contributed by atoms with van der Waals surface area (Å²) < 4.78 is 15.3. The number of anilines is 2. The lowest BCUT2D eigenvalue weighted by Crippen LogP contribution is -2.13. The van der Waals surface area contributed by atoms with E-state index in [2.05, 4.69) is 20.6 Å². The number of fused-ring (bicyclic) bond motifs is 2. The second-order valence-corrected chi connectivity index (χ2v) is 6.76. The lowest BCUT2D eigenvalue weighted by molar-refractivity contribution is 0.0966. The molecule has 7 heteroatoms. The van der Waals surface area contributed by atoms with Crippen molar-refractivity contribution in [2.75, 3.05) is 5.32 Å². The van der Waals surface area contributed by atoms with Crippen LogP contribution < -0.4 is 10.6 Å². The third-order valence-electron chi connectivity index (χ3n) is 4.89. The lowest BCUT2D eigenvalue weighted by Gasteiger charge is -2.13. The van der Waals surface area contributed by atoms with E-state index in [0.717, 1.165) is 22.4 Å². The Balaban J connectivity index is 1.63. The first kappa shape index (κ1) is 16.4. The van der Waals surface area contributed by atoms with E-state index in [4.69, 9.17) is 0 Å². The normalized spacial score (nSPS) is 12.9. The van der Waals surface area contributed by atoms with Crippen LogP contribution in [-0.4, -0.2) is 20.3 Å². The topological polar surface area (TPSA) is 71.3 Å². The monoisotopic (exact) mass is 373 g/mol. The molecule has 6 nitrogen and oxygen atoms in total. The number of rotatable bonds is 3. The highest BCUT2D eigenvalue weighted by Gasteiger charge is 2.27. The van der Waals surface area contributed by atoms with Gasteiger partial charge in [-0.2, -0.15) is 0 Å². The van der Waals surface area contributed by atoms with Gasteiger partial charge in [-0.1, -0.05) is 12.1 Å². The second kappa shape index (κ2) is 6.16. The van der Waals surface area contributed by atoms with Gasteiger partial charge in [-0.15, -0.1) is 0 Å². The minimum Gasteiger partial charge on any atom is -0.348 e. The number of aryl methyl sites for hydroxylation is 1. The fourth-order valence-corrected chi connectivity index (χ4v) is 3.53. The summed E-state index contributed by atoms with van der Waals surface area (Å²) in [5, 5.41) is 6.13. The van der Waals surface area contributed by atoms with Gasteiger partial charge < -0.3 is 10.6 Å². The van der Waals surface area contributed by atoms with E-state index in [-0.39, 0.29) is 11.7 Å². The van der Waals surface area contributed by atoms with E-state index in [1.807, 2.05) is 35.6 Å². The maximum Gasteiger partial charge on any atom is 0.254 e. The third-order valence-corrected chi connectivity index (χ3v) is 4.89. The molecule has 0 aliphatic carbocycles. The zero-order valence-corrected chi connectivity index (χ0v) is 15.0. The van der Waals surface area contributed by atoms with Crippen LogP contribution in [0.5, 0.6) is 0 Å². The number of aromatic nitrogens is 3. The third kappa shape index (κ3) is 2.60. The van der Waals surface area contributed by atoms with E-state index in [1.54, 1.807) is 18.6 Å². The van der Waals surface area contributed by atoms with Crippen molar-refractivity contribution in [2.24, 2.45) is 0 Å². The van der Waals surface area contributed by atoms with Crippen molar-refractivity contribution in [1.29, 1.82) is 0 Å². The average molecular weight is 373 g/mol. The number of nitrogens with one attached hydrogen (secondary N) is 2. The molecular weight excluding hydrogens is 357 g/mol. The minimum atomic E-state index is -0.336. The highest BCUT2D eigenvalue weighted by molar-refractivity contribution is 6.06. The number of pyridine rings is 2. The molecule has 0 saturated carbocycles. The van der Waals surface area contributed by atoms with Gasteiger partial charge in [0.25, 0.3) is 5.91 Å². The predicted octanol–water partition coefficient (Wildman–Crippen LogP) is 3.83. The molecule has 3 aromatic heterocycles. The summed E-state index contributed by atoms with van der Waals surface area (Å²) in [4.78, 5) is 21.2. The maximum absolute atomic E-state index is 13.5. The van der Waals surface area contributed by atoms with Crippen molar-refractivity contribution in [3.05, 3.63) is 77.5 Å². The zero-order chi connectivity index (χ0) is 19.3. The van der Waals surface area contributed by atoms with Crippen molar-refractivity contribution < 1.29 is 9.18 Å². The predicted molar refractivity (Wildman–Crippen MR) is 104 cm³/mol. The van der Waals surface area contributed by atoms with Crippen LogP contribution in [0.25, 0.3) is 16.9 Å². The highest BCUT2D eigenvalue weighted by Crippen LogP contribution is 2.35. The van der Waals surface area contributed by atoms with Gasteiger partial charge in [0.1, 0.15) is 17.3 Å². The number of imidazole rings is 1. The Morgan fingerprint density at radius 3 is 2.86 bits per heavy atom. The van der Waals surface area contributed by atoms with E-state index in [1.165, 1.54) is 12.1 Å². The fraction of sp³-hybridized carbons (Fsp3) is 0.0952.